The van der Waals surface area contributed by atoms with Gasteiger partial charge in [-0.2, -0.15) is 9.36 Å². The topological polar surface area (TPSA) is 180 Å². The molecule has 3 heterocycles. The standard InChI is InChI=1S/C17H18N6O6S2/c1-2-29-21-9(12-20-17(18)31-22-12)13(25)19-10-14(26)23-11(16(27)28)8(5-3-4-6-24)7-30-15(10)23/h10,15,24H,2,4,6-7H2,1H3,(H,19,25)(H,27,28)(H2,18,20,22)/b21-9-/t10-,15-/m1/s1. The fourth-order valence-corrected chi connectivity index (χ4v) is 4.51. The van der Waals surface area contributed by atoms with Crippen molar-refractivity contribution in [3.63, 3.8) is 0 Å². The van der Waals surface area contributed by atoms with Crippen LogP contribution in [0.1, 0.15) is 19.2 Å². The number of nitrogens with zero attached hydrogens (tertiary/aromatic N) is 4. The Labute approximate surface area is 184 Å². The zero-order valence-corrected chi connectivity index (χ0v) is 17.8. The number of carboxylic acid groups (broad SMARTS) is 1. The van der Waals surface area contributed by atoms with Gasteiger partial charge in [0, 0.05) is 29.3 Å². The van der Waals surface area contributed by atoms with Crippen molar-refractivity contribution in [2.75, 3.05) is 24.7 Å². The molecule has 14 heteroatoms. The van der Waals surface area contributed by atoms with E-state index in [0.717, 1.165) is 16.4 Å². The van der Waals surface area contributed by atoms with Crippen LogP contribution in [0.4, 0.5) is 5.13 Å². The number of hydrogen-bond donors (Lipinski definition) is 4. The minimum atomic E-state index is -1.29. The van der Waals surface area contributed by atoms with E-state index >= 15 is 0 Å². The molecule has 0 saturated carbocycles. The lowest BCUT2D eigenvalue weighted by atomic mass is 10.0. The predicted octanol–water partition coefficient (Wildman–Crippen LogP) is -1.01. The van der Waals surface area contributed by atoms with Crippen molar-refractivity contribution in [3.05, 3.63) is 17.1 Å². The van der Waals surface area contributed by atoms with E-state index in [1.165, 1.54) is 11.8 Å². The number of carbonyl (C=O) groups excluding carboxylic acids is 2. The highest BCUT2D eigenvalue weighted by Crippen LogP contribution is 2.40. The molecule has 12 nitrogen and oxygen atoms in total. The molecule has 5 N–H and O–H groups in total. The second-order valence-electron chi connectivity index (χ2n) is 6.08. The fourth-order valence-electron chi connectivity index (χ4n) is 2.79. The van der Waals surface area contributed by atoms with Crippen LogP contribution >= 0.6 is 23.3 Å². The number of aliphatic hydroxyl groups is 1. The van der Waals surface area contributed by atoms with Crippen LogP contribution in [0.25, 0.3) is 0 Å². The van der Waals surface area contributed by atoms with Crippen molar-refractivity contribution in [2.24, 2.45) is 5.16 Å². The maximum absolute atomic E-state index is 12.7. The zero-order chi connectivity index (χ0) is 22.5. The van der Waals surface area contributed by atoms with Gasteiger partial charge in [0.15, 0.2) is 5.13 Å². The second-order valence-corrected chi connectivity index (χ2v) is 7.97. The van der Waals surface area contributed by atoms with Gasteiger partial charge in [0.05, 0.1) is 6.61 Å². The van der Waals surface area contributed by atoms with Gasteiger partial charge >= 0.3 is 5.97 Å². The number of nitrogens with two attached hydrogens (primary N) is 1. The number of aliphatic carboxylic acids is 1. The summed E-state index contributed by atoms with van der Waals surface area (Å²) < 4.78 is 3.94. The summed E-state index contributed by atoms with van der Waals surface area (Å²) in [6.45, 7) is 1.72. The Hall–Kier alpha value is -3.15. The number of nitrogens with one attached hydrogen (secondary N) is 1. The van der Waals surface area contributed by atoms with Crippen LogP contribution in [0.15, 0.2) is 16.4 Å². The molecule has 1 aromatic heterocycles. The monoisotopic (exact) mass is 466 g/mol. The molecule has 3 rings (SSSR count). The first-order valence-electron chi connectivity index (χ1n) is 9.00. The number of thioether (sulfide) groups is 1. The lowest BCUT2D eigenvalue weighted by molar-refractivity contribution is -0.150. The van der Waals surface area contributed by atoms with Crippen molar-refractivity contribution in [3.8, 4) is 11.8 Å². The number of hydrogen-bond acceptors (Lipinski definition) is 11. The molecule has 2 amide bonds. The Bertz CT molecular complexity index is 1030. The largest absolute Gasteiger partial charge is 0.477 e. The normalized spacial score (nSPS) is 20.4. The smallest absolute Gasteiger partial charge is 0.353 e. The number of nitrogen functional groups attached to an aromatic ring is 1. The fraction of sp³-hybridized carbons (Fsp3) is 0.412. The van der Waals surface area contributed by atoms with Crippen molar-refractivity contribution >= 4 is 51.9 Å². The summed E-state index contributed by atoms with van der Waals surface area (Å²) in [7, 11) is 0. The minimum Gasteiger partial charge on any atom is -0.477 e. The number of oxime groups is 1. The molecule has 0 aromatic carbocycles. The molecule has 0 radical (unpaired) electrons. The van der Waals surface area contributed by atoms with Crippen LogP contribution in [-0.2, 0) is 19.2 Å². The predicted molar refractivity (Wildman–Crippen MR) is 112 cm³/mol. The molecule has 164 valence electrons. The maximum atomic E-state index is 12.7. The first-order chi connectivity index (χ1) is 14.9. The summed E-state index contributed by atoms with van der Waals surface area (Å²) in [6, 6.07) is -0.971. The van der Waals surface area contributed by atoms with Crippen molar-refractivity contribution in [1.82, 2.24) is 19.6 Å². The Morgan fingerprint density at radius 2 is 2.26 bits per heavy atom. The van der Waals surface area contributed by atoms with Crippen LogP contribution in [0, 0.1) is 11.8 Å². The van der Waals surface area contributed by atoms with Crippen LogP contribution in [-0.4, -0.2) is 78.3 Å². The third-order valence-electron chi connectivity index (χ3n) is 4.09. The van der Waals surface area contributed by atoms with Crippen molar-refractivity contribution in [1.29, 1.82) is 0 Å². The zero-order valence-electron chi connectivity index (χ0n) is 16.2. The van der Waals surface area contributed by atoms with Crippen LogP contribution in [0.5, 0.6) is 0 Å². The summed E-state index contributed by atoms with van der Waals surface area (Å²) >= 11 is 2.14. The maximum Gasteiger partial charge on any atom is 0.353 e. The lowest BCUT2D eigenvalue weighted by Crippen LogP contribution is -2.71. The molecule has 2 atom stereocenters. The molecule has 2 aliphatic heterocycles. The van der Waals surface area contributed by atoms with E-state index in [-0.39, 0.29) is 53.3 Å². The van der Waals surface area contributed by atoms with Crippen LogP contribution in [0.3, 0.4) is 0 Å². The number of β-lactam (4-membered cyclic amide) rings is 1. The number of carboxylic acids is 1. The van der Waals surface area contributed by atoms with Gasteiger partial charge in [-0.15, -0.1) is 11.8 Å². The van der Waals surface area contributed by atoms with Crippen molar-refractivity contribution in [2.45, 2.75) is 24.8 Å². The molecule has 0 unspecified atom stereocenters. The molecule has 1 fully saturated rings. The first kappa shape index (κ1) is 22.5. The van der Waals surface area contributed by atoms with E-state index in [4.69, 9.17) is 15.7 Å². The van der Waals surface area contributed by atoms with Crippen LogP contribution < -0.4 is 11.1 Å². The van der Waals surface area contributed by atoms with Gasteiger partial charge in [-0.25, -0.2) is 4.79 Å². The van der Waals surface area contributed by atoms with Gasteiger partial charge in [0.2, 0.25) is 11.5 Å². The molecule has 31 heavy (non-hydrogen) atoms. The number of aliphatic hydroxyl groups excluding tert-OH is 1. The highest BCUT2D eigenvalue weighted by Gasteiger charge is 2.54. The summed E-state index contributed by atoms with van der Waals surface area (Å²) in [4.78, 5) is 47.1. The molecule has 1 saturated heterocycles. The van der Waals surface area contributed by atoms with Gasteiger partial charge in [-0.1, -0.05) is 17.0 Å². The molecule has 2 aliphatic rings. The Morgan fingerprint density at radius 1 is 1.48 bits per heavy atom. The number of fused-ring (bicyclic) bond motifs is 1. The quantitative estimate of drug-likeness (QED) is 0.168. The summed E-state index contributed by atoms with van der Waals surface area (Å²) in [5, 5.41) is 24.2. The number of aromatic nitrogens is 2. The van der Waals surface area contributed by atoms with Crippen molar-refractivity contribution < 1.29 is 29.4 Å². The summed E-state index contributed by atoms with van der Waals surface area (Å²) in [6.07, 6.45) is 0.189. The SMILES string of the molecule is CCO/N=C(\C(=O)N[C@@H]1C(=O)N2C(C(=O)O)=C(C#CCCO)CS[C@H]12)c1nsc(N)n1. The van der Waals surface area contributed by atoms with E-state index in [0.29, 0.717) is 0 Å². The van der Waals surface area contributed by atoms with Gasteiger partial charge in [0.25, 0.3) is 11.8 Å². The number of rotatable bonds is 7. The molecular weight excluding hydrogens is 448 g/mol. The van der Waals surface area contributed by atoms with Crippen LogP contribution in [0.2, 0.25) is 0 Å². The van der Waals surface area contributed by atoms with Gasteiger partial charge in [-0.05, 0) is 6.92 Å². The number of amides is 2. The summed E-state index contributed by atoms with van der Waals surface area (Å²) in [5.74, 6) is 2.93. The van der Waals surface area contributed by atoms with E-state index in [1.807, 2.05) is 0 Å². The first-order valence-corrected chi connectivity index (χ1v) is 10.8. The third kappa shape index (κ3) is 4.63. The van der Waals surface area contributed by atoms with Gasteiger partial charge < -0.3 is 26.1 Å². The third-order valence-corrected chi connectivity index (χ3v) is 5.91. The lowest BCUT2D eigenvalue weighted by Gasteiger charge is -2.48. The Kier molecular flexibility index (Phi) is 7.10. The highest BCUT2D eigenvalue weighted by atomic mass is 32.2. The number of carbonyl (C=O) groups is 3. The number of anilines is 1. The molecule has 0 spiro atoms. The van der Waals surface area contributed by atoms with E-state index in [2.05, 4.69) is 31.7 Å². The van der Waals surface area contributed by atoms with E-state index in [1.54, 1.807) is 6.92 Å². The minimum absolute atomic E-state index is 0.0408. The van der Waals surface area contributed by atoms with Gasteiger partial charge in [-0.3, -0.25) is 14.5 Å². The molecule has 0 bridgehead atoms. The molecule has 1 aromatic rings. The van der Waals surface area contributed by atoms with Gasteiger partial charge in [0.1, 0.15) is 23.7 Å². The van der Waals surface area contributed by atoms with E-state index in [9.17, 15) is 19.5 Å². The van der Waals surface area contributed by atoms with E-state index < -0.39 is 29.2 Å². The summed E-state index contributed by atoms with van der Waals surface area (Å²) in [5.41, 5.74) is 5.38. The average molecular weight is 467 g/mol. The Balaban J connectivity index is 1.79. The second kappa shape index (κ2) is 9.77. The average Bonchev–Trinajstić information content (AvgIpc) is 3.17. The highest BCUT2D eigenvalue weighted by molar-refractivity contribution is 8.00. The molecule has 0 aliphatic carbocycles. The Morgan fingerprint density at radius 3 is 2.87 bits per heavy atom. The molecular formula is C17H18N6O6S2.